The van der Waals surface area contributed by atoms with Gasteiger partial charge in [-0.3, -0.25) is 0 Å². The van der Waals surface area contributed by atoms with Gasteiger partial charge in [-0.2, -0.15) is 0 Å². The van der Waals surface area contributed by atoms with Crippen molar-refractivity contribution in [3.8, 4) is 11.5 Å². The molecule has 0 radical (unpaired) electrons. The van der Waals surface area contributed by atoms with Crippen LogP contribution in [0.1, 0.15) is 23.6 Å². The Morgan fingerprint density at radius 2 is 1.78 bits per heavy atom. The molecule has 1 aliphatic heterocycles. The number of halogens is 2. The van der Waals surface area contributed by atoms with Crippen LogP contribution in [0.25, 0.3) is 6.08 Å². The van der Waals surface area contributed by atoms with Crippen molar-refractivity contribution in [3.05, 3.63) is 99.0 Å². The summed E-state index contributed by atoms with van der Waals surface area (Å²) in [7, 11) is 0. The van der Waals surface area contributed by atoms with Gasteiger partial charge in [0.05, 0.1) is 12.2 Å². The van der Waals surface area contributed by atoms with Crippen molar-refractivity contribution in [1.29, 1.82) is 0 Å². The van der Waals surface area contributed by atoms with Crippen LogP contribution in [-0.2, 0) is 16.2 Å². The molecule has 0 bridgehead atoms. The molecule has 0 aliphatic carbocycles. The largest absolute Gasteiger partial charge is 0.490 e. The predicted octanol–water partition coefficient (Wildman–Crippen LogP) is 6.32. The zero-order valence-corrected chi connectivity index (χ0v) is 18.7. The van der Waals surface area contributed by atoms with Crippen molar-refractivity contribution in [2.45, 2.75) is 13.5 Å². The van der Waals surface area contributed by atoms with Crippen molar-refractivity contribution < 1.29 is 19.1 Å². The minimum absolute atomic E-state index is 0.258. The van der Waals surface area contributed by atoms with Crippen LogP contribution in [0.15, 0.2) is 77.5 Å². The SMILES string of the molecule is CCOc1cc(/C=C2\C(=O)ON=C2c2ccccc2)ccc1OCc1ccc(Cl)cc1Cl. The Balaban J connectivity index is 1.59. The Hall–Kier alpha value is -3.28. The molecule has 3 aromatic carbocycles. The number of rotatable bonds is 7. The summed E-state index contributed by atoms with van der Waals surface area (Å²) in [4.78, 5) is 17.2. The van der Waals surface area contributed by atoms with Crippen LogP contribution in [0.2, 0.25) is 10.0 Å². The van der Waals surface area contributed by atoms with Gasteiger partial charge < -0.3 is 14.3 Å². The standard InChI is InChI=1S/C25H19Cl2NO4/c1-2-30-23-13-16(8-11-22(23)31-15-18-9-10-19(26)14-21(18)27)12-20-24(28-32-25(20)29)17-6-4-3-5-7-17/h3-14H,2,15H2,1H3/b20-12-. The van der Waals surface area contributed by atoms with E-state index in [0.29, 0.717) is 39.4 Å². The van der Waals surface area contributed by atoms with Gasteiger partial charge >= 0.3 is 5.97 Å². The van der Waals surface area contributed by atoms with Gasteiger partial charge in [0.2, 0.25) is 0 Å². The fourth-order valence-corrected chi connectivity index (χ4v) is 3.64. The van der Waals surface area contributed by atoms with E-state index in [9.17, 15) is 4.79 Å². The molecule has 7 heteroatoms. The number of ether oxygens (including phenoxy) is 2. The third kappa shape index (κ3) is 4.96. The van der Waals surface area contributed by atoms with E-state index in [2.05, 4.69) is 5.16 Å². The highest BCUT2D eigenvalue weighted by molar-refractivity contribution is 6.35. The molecule has 0 N–H and O–H groups in total. The van der Waals surface area contributed by atoms with E-state index in [0.717, 1.165) is 16.7 Å². The van der Waals surface area contributed by atoms with Crippen molar-refractivity contribution in [2.75, 3.05) is 6.61 Å². The van der Waals surface area contributed by atoms with Crippen LogP contribution >= 0.6 is 23.2 Å². The van der Waals surface area contributed by atoms with Gasteiger partial charge in [-0.1, -0.05) is 70.8 Å². The number of hydrogen-bond acceptors (Lipinski definition) is 5. The van der Waals surface area contributed by atoms with Gasteiger partial charge in [0.25, 0.3) is 0 Å². The van der Waals surface area contributed by atoms with Gasteiger partial charge in [-0.25, -0.2) is 4.79 Å². The lowest BCUT2D eigenvalue weighted by Gasteiger charge is -2.13. The molecule has 32 heavy (non-hydrogen) atoms. The zero-order chi connectivity index (χ0) is 22.5. The molecular formula is C25H19Cl2NO4. The molecule has 1 aliphatic rings. The summed E-state index contributed by atoms with van der Waals surface area (Å²) in [5.74, 6) is 0.613. The molecule has 3 aromatic rings. The van der Waals surface area contributed by atoms with Gasteiger partial charge in [-0.05, 0) is 42.8 Å². The summed E-state index contributed by atoms with van der Waals surface area (Å²) in [5.41, 5.74) is 3.23. The zero-order valence-electron chi connectivity index (χ0n) is 17.2. The fraction of sp³-hybridized carbons (Fsp3) is 0.120. The van der Waals surface area contributed by atoms with Crippen LogP contribution in [0.4, 0.5) is 0 Å². The summed E-state index contributed by atoms with van der Waals surface area (Å²) in [6, 6.07) is 20.1. The lowest BCUT2D eigenvalue weighted by atomic mass is 10.0. The number of oxime groups is 1. The molecule has 0 saturated heterocycles. The highest BCUT2D eigenvalue weighted by Crippen LogP contribution is 2.32. The van der Waals surface area contributed by atoms with Crippen LogP contribution in [0.3, 0.4) is 0 Å². The number of benzene rings is 3. The Morgan fingerprint density at radius 1 is 0.969 bits per heavy atom. The fourth-order valence-electron chi connectivity index (χ4n) is 3.18. The number of hydrogen-bond donors (Lipinski definition) is 0. The van der Waals surface area contributed by atoms with E-state index in [1.54, 1.807) is 24.3 Å². The first-order chi connectivity index (χ1) is 15.5. The number of nitrogens with zero attached hydrogens (tertiary/aromatic N) is 1. The monoisotopic (exact) mass is 467 g/mol. The second kappa shape index (κ2) is 9.90. The first kappa shape index (κ1) is 21.9. The van der Waals surface area contributed by atoms with Crippen LogP contribution in [0, 0.1) is 0 Å². The normalized spacial score (nSPS) is 14.3. The molecule has 0 atom stereocenters. The average Bonchev–Trinajstić information content (AvgIpc) is 3.15. The van der Waals surface area contributed by atoms with E-state index in [4.69, 9.17) is 37.5 Å². The maximum Gasteiger partial charge on any atom is 0.368 e. The molecule has 5 nitrogen and oxygen atoms in total. The van der Waals surface area contributed by atoms with Crippen LogP contribution in [-0.4, -0.2) is 18.3 Å². The molecule has 162 valence electrons. The topological polar surface area (TPSA) is 57.1 Å². The van der Waals surface area contributed by atoms with E-state index in [1.165, 1.54) is 0 Å². The molecule has 0 saturated carbocycles. The van der Waals surface area contributed by atoms with Gasteiger partial charge in [-0.15, -0.1) is 0 Å². The Labute approximate surface area is 195 Å². The van der Waals surface area contributed by atoms with Gasteiger partial charge in [0.1, 0.15) is 12.3 Å². The summed E-state index contributed by atoms with van der Waals surface area (Å²) >= 11 is 12.2. The average molecular weight is 468 g/mol. The molecule has 0 unspecified atom stereocenters. The van der Waals surface area contributed by atoms with Crippen LogP contribution in [0.5, 0.6) is 11.5 Å². The van der Waals surface area contributed by atoms with Crippen molar-refractivity contribution in [3.63, 3.8) is 0 Å². The van der Waals surface area contributed by atoms with Gasteiger partial charge in [0, 0.05) is 21.2 Å². The number of carbonyl (C=O) groups excluding carboxylic acids is 1. The number of carbonyl (C=O) groups is 1. The minimum Gasteiger partial charge on any atom is -0.490 e. The lowest BCUT2D eigenvalue weighted by Crippen LogP contribution is -2.06. The predicted molar refractivity (Wildman–Crippen MR) is 125 cm³/mol. The smallest absolute Gasteiger partial charge is 0.368 e. The molecule has 4 rings (SSSR count). The lowest BCUT2D eigenvalue weighted by molar-refractivity contribution is -0.136. The molecule has 0 amide bonds. The molecule has 0 fully saturated rings. The summed E-state index contributed by atoms with van der Waals surface area (Å²) in [6.07, 6.45) is 1.73. The van der Waals surface area contributed by atoms with E-state index in [-0.39, 0.29) is 6.61 Å². The van der Waals surface area contributed by atoms with Crippen molar-refractivity contribution in [2.24, 2.45) is 5.16 Å². The summed E-state index contributed by atoms with van der Waals surface area (Å²) in [6.45, 7) is 2.60. The molecule has 0 spiro atoms. The Morgan fingerprint density at radius 3 is 2.53 bits per heavy atom. The second-order valence-corrected chi connectivity index (χ2v) is 7.75. The van der Waals surface area contributed by atoms with Gasteiger partial charge in [0.15, 0.2) is 11.5 Å². The first-order valence-corrected chi connectivity index (χ1v) is 10.7. The van der Waals surface area contributed by atoms with Crippen molar-refractivity contribution in [1.82, 2.24) is 0 Å². The third-order valence-electron chi connectivity index (χ3n) is 4.72. The Kier molecular flexibility index (Phi) is 6.78. The third-order valence-corrected chi connectivity index (χ3v) is 5.31. The summed E-state index contributed by atoms with van der Waals surface area (Å²) in [5, 5.41) is 5.04. The molecule has 0 aromatic heterocycles. The quantitative estimate of drug-likeness (QED) is 0.301. The van der Waals surface area contributed by atoms with Crippen LogP contribution < -0.4 is 9.47 Å². The van der Waals surface area contributed by atoms with Crippen molar-refractivity contribution >= 4 is 41.0 Å². The summed E-state index contributed by atoms with van der Waals surface area (Å²) < 4.78 is 11.7. The second-order valence-electron chi connectivity index (χ2n) is 6.91. The maximum absolute atomic E-state index is 12.3. The Bertz CT molecular complexity index is 1210. The highest BCUT2D eigenvalue weighted by atomic mass is 35.5. The highest BCUT2D eigenvalue weighted by Gasteiger charge is 2.26. The maximum atomic E-state index is 12.3. The van der Waals surface area contributed by atoms with E-state index < -0.39 is 5.97 Å². The van der Waals surface area contributed by atoms with E-state index >= 15 is 0 Å². The first-order valence-electron chi connectivity index (χ1n) is 9.95. The minimum atomic E-state index is -0.500. The molecular weight excluding hydrogens is 449 g/mol. The van der Waals surface area contributed by atoms with E-state index in [1.807, 2.05) is 55.5 Å². The molecule has 1 heterocycles.